The van der Waals surface area contributed by atoms with Gasteiger partial charge in [-0.25, -0.2) is 4.79 Å². The van der Waals surface area contributed by atoms with Crippen LogP contribution in [-0.2, 0) is 9.59 Å². The Hall–Kier alpha value is -2.08. The molecule has 1 fully saturated rings. The first-order chi connectivity index (χ1) is 8.90. The van der Waals surface area contributed by atoms with Gasteiger partial charge >= 0.3 is 5.97 Å². The molecule has 1 aliphatic rings. The number of carboxylic acids is 1. The minimum absolute atomic E-state index is 0.0400. The number of rotatable bonds is 2. The second-order valence-corrected chi connectivity index (χ2v) is 4.62. The van der Waals surface area contributed by atoms with Gasteiger partial charge in [0.2, 0.25) is 11.8 Å². The van der Waals surface area contributed by atoms with E-state index in [2.05, 4.69) is 5.32 Å². The fourth-order valence-electron chi connectivity index (χ4n) is 1.94. The Kier molecular flexibility index (Phi) is 3.44. The van der Waals surface area contributed by atoms with Gasteiger partial charge in [-0.2, -0.15) is 0 Å². The van der Waals surface area contributed by atoms with Gasteiger partial charge < -0.3 is 10.0 Å². The van der Waals surface area contributed by atoms with Crippen LogP contribution >= 0.6 is 11.6 Å². The molecule has 1 atom stereocenters. The molecule has 1 saturated heterocycles. The number of imide groups is 1. The summed E-state index contributed by atoms with van der Waals surface area (Å²) in [5, 5.41) is 11.6. The molecule has 0 spiro atoms. The highest BCUT2D eigenvalue weighted by atomic mass is 35.5. The maximum absolute atomic E-state index is 11.6. The van der Waals surface area contributed by atoms with E-state index in [4.69, 9.17) is 16.7 Å². The fraction of sp³-hybridized carbons (Fsp3) is 0.250. The molecule has 1 aliphatic heterocycles. The van der Waals surface area contributed by atoms with Crippen LogP contribution in [0, 0.1) is 0 Å². The van der Waals surface area contributed by atoms with Crippen molar-refractivity contribution in [1.82, 2.24) is 5.32 Å². The lowest BCUT2D eigenvalue weighted by atomic mass is 10.1. The van der Waals surface area contributed by atoms with E-state index in [-0.39, 0.29) is 17.1 Å². The number of benzene rings is 1. The lowest BCUT2D eigenvalue weighted by Gasteiger charge is -2.34. The van der Waals surface area contributed by atoms with Gasteiger partial charge in [-0.3, -0.25) is 14.9 Å². The Morgan fingerprint density at radius 1 is 1.47 bits per heavy atom. The number of piperazine rings is 1. The van der Waals surface area contributed by atoms with Crippen LogP contribution in [0.2, 0.25) is 5.02 Å². The second kappa shape index (κ2) is 4.89. The minimum Gasteiger partial charge on any atom is -0.478 e. The molecule has 1 unspecified atom stereocenters. The predicted molar refractivity (Wildman–Crippen MR) is 68.4 cm³/mol. The Balaban J connectivity index is 2.48. The largest absolute Gasteiger partial charge is 0.478 e. The molecular weight excluding hydrogens is 272 g/mol. The number of halogens is 1. The van der Waals surface area contributed by atoms with Crippen molar-refractivity contribution in [2.24, 2.45) is 0 Å². The van der Waals surface area contributed by atoms with Gasteiger partial charge in [0, 0.05) is 5.02 Å². The number of carbonyl (C=O) groups excluding carboxylic acids is 2. The van der Waals surface area contributed by atoms with E-state index < -0.39 is 23.8 Å². The van der Waals surface area contributed by atoms with Crippen molar-refractivity contribution in [3.05, 3.63) is 28.8 Å². The summed E-state index contributed by atoms with van der Waals surface area (Å²) in [6.45, 7) is 1.52. The highest BCUT2D eigenvalue weighted by Gasteiger charge is 2.32. The summed E-state index contributed by atoms with van der Waals surface area (Å²) in [6.07, 6.45) is 0. The van der Waals surface area contributed by atoms with Crippen molar-refractivity contribution in [2.45, 2.75) is 13.0 Å². The summed E-state index contributed by atoms with van der Waals surface area (Å²) in [5.74, 6) is -2.08. The van der Waals surface area contributed by atoms with E-state index >= 15 is 0 Å². The molecular formula is C12H11ClN2O4. The van der Waals surface area contributed by atoms with Crippen LogP contribution in [0.25, 0.3) is 0 Å². The van der Waals surface area contributed by atoms with Crippen LogP contribution in [0.1, 0.15) is 17.3 Å². The van der Waals surface area contributed by atoms with Gasteiger partial charge in [0.1, 0.15) is 6.04 Å². The van der Waals surface area contributed by atoms with Crippen molar-refractivity contribution in [2.75, 3.05) is 11.4 Å². The Morgan fingerprint density at radius 2 is 2.16 bits per heavy atom. The molecule has 7 heteroatoms. The van der Waals surface area contributed by atoms with Crippen molar-refractivity contribution in [1.29, 1.82) is 0 Å². The smallest absolute Gasteiger partial charge is 0.337 e. The Labute approximate surface area is 114 Å². The van der Waals surface area contributed by atoms with Crippen LogP contribution in [0.3, 0.4) is 0 Å². The van der Waals surface area contributed by atoms with Gasteiger partial charge in [0.15, 0.2) is 0 Å². The molecule has 1 heterocycles. The first-order valence-electron chi connectivity index (χ1n) is 5.53. The van der Waals surface area contributed by atoms with E-state index in [0.29, 0.717) is 5.69 Å². The van der Waals surface area contributed by atoms with Crippen LogP contribution in [0.5, 0.6) is 0 Å². The molecule has 1 aromatic rings. The Morgan fingerprint density at radius 3 is 2.79 bits per heavy atom. The molecule has 0 bridgehead atoms. The third-order valence-corrected chi connectivity index (χ3v) is 3.16. The number of hydrogen-bond acceptors (Lipinski definition) is 4. The van der Waals surface area contributed by atoms with Gasteiger partial charge in [-0.15, -0.1) is 0 Å². The second-order valence-electron chi connectivity index (χ2n) is 4.18. The summed E-state index contributed by atoms with van der Waals surface area (Å²) in [7, 11) is 0. The van der Waals surface area contributed by atoms with E-state index in [9.17, 15) is 14.4 Å². The molecule has 0 aliphatic carbocycles. The Bertz CT molecular complexity index is 573. The molecule has 2 amide bonds. The topological polar surface area (TPSA) is 86.7 Å². The zero-order valence-corrected chi connectivity index (χ0v) is 10.8. The van der Waals surface area contributed by atoms with Crippen LogP contribution < -0.4 is 10.2 Å². The van der Waals surface area contributed by atoms with Gasteiger partial charge in [0.25, 0.3) is 0 Å². The molecule has 100 valence electrons. The number of aromatic carboxylic acids is 1. The normalized spacial score (nSPS) is 19.3. The summed E-state index contributed by atoms with van der Waals surface area (Å²) in [6, 6.07) is 3.68. The molecule has 2 rings (SSSR count). The van der Waals surface area contributed by atoms with Gasteiger partial charge in [-0.1, -0.05) is 11.6 Å². The van der Waals surface area contributed by atoms with E-state index in [1.54, 1.807) is 6.92 Å². The molecule has 2 N–H and O–H groups in total. The highest BCUT2D eigenvalue weighted by Crippen LogP contribution is 2.27. The number of carbonyl (C=O) groups is 3. The average molecular weight is 283 g/mol. The maximum Gasteiger partial charge on any atom is 0.337 e. The van der Waals surface area contributed by atoms with Crippen molar-refractivity contribution < 1.29 is 19.5 Å². The number of anilines is 1. The number of carboxylic acid groups (broad SMARTS) is 1. The minimum atomic E-state index is -1.16. The van der Waals surface area contributed by atoms with Crippen molar-refractivity contribution in [3.8, 4) is 0 Å². The monoisotopic (exact) mass is 282 g/mol. The van der Waals surface area contributed by atoms with Gasteiger partial charge in [0.05, 0.1) is 17.8 Å². The SMILES string of the molecule is CC1C(=O)NC(=O)CN1c1ccc(Cl)cc1C(=O)O. The van der Waals surface area contributed by atoms with Crippen molar-refractivity contribution in [3.63, 3.8) is 0 Å². The maximum atomic E-state index is 11.6. The summed E-state index contributed by atoms with van der Waals surface area (Å²) < 4.78 is 0. The van der Waals surface area contributed by atoms with Crippen LogP contribution in [-0.4, -0.2) is 35.5 Å². The van der Waals surface area contributed by atoms with Gasteiger partial charge in [-0.05, 0) is 25.1 Å². The number of amides is 2. The van der Waals surface area contributed by atoms with E-state index in [1.807, 2.05) is 0 Å². The summed E-state index contributed by atoms with van der Waals surface area (Å²) >= 11 is 5.77. The summed E-state index contributed by atoms with van der Waals surface area (Å²) in [4.78, 5) is 35.7. The van der Waals surface area contributed by atoms with Crippen molar-refractivity contribution >= 4 is 35.1 Å². The lowest BCUT2D eigenvalue weighted by Crippen LogP contribution is -2.57. The summed E-state index contributed by atoms with van der Waals surface area (Å²) in [5.41, 5.74) is 0.259. The zero-order chi connectivity index (χ0) is 14.2. The fourth-order valence-corrected chi connectivity index (χ4v) is 2.11. The molecule has 19 heavy (non-hydrogen) atoms. The standard InChI is InChI=1S/C12H11ClN2O4/c1-6-11(17)14-10(16)5-15(6)9-3-2-7(13)4-8(9)12(18)19/h2-4,6H,5H2,1H3,(H,18,19)(H,14,16,17). The quantitative estimate of drug-likeness (QED) is 0.787. The molecule has 0 aromatic heterocycles. The van der Waals surface area contributed by atoms with Crippen LogP contribution in [0.15, 0.2) is 18.2 Å². The molecule has 0 radical (unpaired) electrons. The average Bonchev–Trinajstić information content (AvgIpc) is 2.34. The first kappa shape index (κ1) is 13.4. The number of nitrogens with zero attached hydrogens (tertiary/aromatic N) is 1. The number of nitrogens with one attached hydrogen (secondary N) is 1. The molecule has 6 nitrogen and oxygen atoms in total. The predicted octanol–water partition coefficient (Wildman–Crippen LogP) is 0.890. The third kappa shape index (κ3) is 2.53. The molecule has 0 saturated carbocycles. The lowest BCUT2D eigenvalue weighted by molar-refractivity contribution is -0.132. The van der Waals surface area contributed by atoms with E-state index in [1.165, 1.54) is 23.1 Å². The molecule has 1 aromatic carbocycles. The zero-order valence-electron chi connectivity index (χ0n) is 10.0. The number of hydrogen-bond donors (Lipinski definition) is 2. The van der Waals surface area contributed by atoms with Crippen LogP contribution in [0.4, 0.5) is 5.69 Å². The highest BCUT2D eigenvalue weighted by molar-refractivity contribution is 6.31. The third-order valence-electron chi connectivity index (χ3n) is 2.92. The first-order valence-corrected chi connectivity index (χ1v) is 5.91. The van der Waals surface area contributed by atoms with E-state index in [0.717, 1.165) is 0 Å².